The van der Waals surface area contributed by atoms with E-state index in [1.807, 2.05) is 0 Å². The fraction of sp³-hybridized carbons (Fsp3) is 0.833. The molecule has 0 saturated heterocycles. The van der Waals surface area contributed by atoms with Gasteiger partial charge in [-0.2, -0.15) is 0 Å². The van der Waals surface area contributed by atoms with Gasteiger partial charge in [-0.1, -0.05) is 19.8 Å². The fourth-order valence-electron chi connectivity index (χ4n) is 0.496. The average molecular weight is 202 g/mol. The van der Waals surface area contributed by atoms with Crippen molar-refractivity contribution in [3.63, 3.8) is 0 Å². The second-order valence-electron chi connectivity index (χ2n) is 1.70. The maximum atomic E-state index is 6.66. The molecule has 0 bridgehead atoms. The van der Waals surface area contributed by atoms with Crippen LogP contribution in [0.2, 0.25) is 0 Å². The molecule has 1 nitrogen and oxygen atoms in total. The Kier molecular flexibility index (Phi) is 14.4. The smallest absolute Gasteiger partial charge is 0 e. The zero-order valence-electron chi connectivity index (χ0n) is 5.24. The van der Waals surface area contributed by atoms with Gasteiger partial charge in [-0.15, -0.1) is 0 Å². The average Bonchev–Trinajstić information content (AvgIpc) is 1.69. The molecule has 0 rings (SSSR count). The Morgan fingerprint density at radius 1 is 1.38 bits per heavy atom. The predicted octanol–water partition coefficient (Wildman–Crippen LogP) is 2.21. The molecular weight excluding hydrogens is 189 g/mol. The fourth-order valence-corrected chi connectivity index (χ4v) is 0.496. The molecule has 0 aromatic rings. The van der Waals surface area contributed by atoms with Gasteiger partial charge in [0.2, 0.25) is 0 Å². The molecule has 8 heavy (non-hydrogen) atoms. The Labute approximate surface area is 64.1 Å². The van der Waals surface area contributed by atoms with Gasteiger partial charge in [0.05, 0.1) is 0 Å². The van der Waals surface area contributed by atoms with Crippen molar-refractivity contribution in [3.8, 4) is 0 Å². The van der Waals surface area contributed by atoms with Gasteiger partial charge in [-0.3, -0.25) is 0 Å². The van der Waals surface area contributed by atoms with Gasteiger partial charge in [0.15, 0.2) is 0 Å². The van der Waals surface area contributed by atoms with Crippen molar-refractivity contribution in [1.29, 1.82) is 5.41 Å². The van der Waals surface area contributed by atoms with E-state index in [4.69, 9.17) is 5.41 Å². The molecule has 0 amide bonds. The van der Waals surface area contributed by atoms with Crippen molar-refractivity contribution < 1.29 is 19.5 Å². The van der Waals surface area contributed by atoms with Crippen LogP contribution in [0.5, 0.6) is 0 Å². The molecule has 0 aliphatic heterocycles. The zero-order valence-corrected chi connectivity index (χ0v) is 6.88. The molecule has 0 heterocycles. The summed E-state index contributed by atoms with van der Waals surface area (Å²) in [5, 5.41) is 6.66. The third-order valence-corrected chi connectivity index (χ3v) is 0.952. The predicted molar refractivity (Wildman–Crippen MR) is 32.9 cm³/mol. The van der Waals surface area contributed by atoms with E-state index in [-0.39, 0.29) is 19.5 Å². The minimum Gasteiger partial charge on any atom is -0.313 e. The van der Waals surface area contributed by atoms with E-state index < -0.39 is 0 Å². The first kappa shape index (κ1) is 11.1. The van der Waals surface area contributed by atoms with Crippen LogP contribution in [0.25, 0.3) is 0 Å². The first-order valence-electron chi connectivity index (χ1n) is 2.90. The van der Waals surface area contributed by atoms with Crippen LogP contribution in [0.4, 0.5) is 0 Å². The quantitative estimate of drug-likeness (QED) is 0.410. The topological polar surface area (TPSA) is 23.9 Å². The van der Waals surface area contributed by atoms with Gasteiger partial charge in [0.1, 0.15) is 0 Å². The van der Waals surface area contributed by atoms with Crippen LogP contribution >= 0.6 is 0 Å². The van der Waals surface area contributed by atoms with E-state index in [0.29, 0.717) is 0 Å². The Balaban J connectivity index is 0. The van der Waals surface area contributed by atoms with Crippen LogP contribution in [0.15, 0.2) is 0 Å². The molecule has 0 aliphatic carbocycles. The molecule has 0 atom stereocenters. The van der Waals surface area contributed by atoms with Crippen LogP contribution in [0, 0.1) is 5.41 Å². The molecule has 0 spiro atoms. The van der Waals surface area contributed by atoms with E-state index in [9.17, 15) is 0 Å². The van der Waals surface area contributed by atoms with Crippen LogP contribution in [-0.2, 0) is 19.5 Å². The second-order valence-corrected chi connectivity index (χ2v) is 1.70. The van der Waals surface area contributed by atoms with Gasteiger partial charge in [-0.25, -0.2) is 0 Å². The molecule has 0 unspecified atom stereocenters. The molecule has 51 valence electrons. The van der Waals surface area contributed by atoms with Gasteiger partial charge in [0.25, 0.3) is 0 Å². The summed E-state index contributed by atoms with van der Waals surface area (Å²) in [5.41, 5.74) is 0. The summed E-state index contributed by atoms with van der Waals surface area (Å²) in [5.74, 6) is 0. The molecular formula is C6H13NRh. The summed E-state index contributed by atoms with van der Waals surface area (Å²) in [4.78, 5) is 0. The number of rotatable bonds is 4. The largest absolute Gasteiger partial charge is 0.313 e. The maximum absolute atomic E-state index is 6.66. The van der Waals surface area contributed by atoms with Gasteiger partial charge in [0, 0.05) is 19.5 Å². The number of hydrogen-bond acceptors (Lipinski definition) is 1. The molecule has 1 radical (unpaired) electrons. The van der Waals surface area contributed by atoms with Crippen LogP contribution in [0.1, 0.15) is 32.6 Å². The summed E-state index contributed by atoms with van der Waals surface area (Å²) < 4.78 is 0. The van der Waals surface area contributed by atoms with Crippen molar-refractivity contribution in [2.24, 2.45) is 0 Å². The van der Waals surface area contributed by atoms with E-state index >= 15 is 0 Å². The van der Waals surface area contributed by atoms with Crippen molar-refractivity contribution in [1.82, 2.24) is 0 Å². The molecule has 0 fully saturated rings. The van der Waals surface area contributed by atoms with E-state index in [2.05, 4.69) is 6.92 Å². The summed E-state index contributed by atoms with van der Waals surface area (Å²) in [7, 11) is 0. The Morgan fingerprint density at radius 3 is 2.38 bits per heavy atom. The van der Waals surface area contributed by atoms with Crippen LogP contribution in [0.3, 0.4) is 0 Å². The molecule has 0 aromatic heterocycles. The van der Waals surface area contributed by atoms with Gasteiger partial charge >= 0.3 is 0 Å². The minimum absolute atomic E-state index is 0. The molecule has 2 heteroatoms. The monoisotopic (exact) mass is 202 g/mol. The second kappa shape index (κ2) is 10.3. The normalized spacial score (nSPS) is 7.62. The summed E-state index contributed by atoms with van der Waals surface area (Å²) in [6.45, 7) is 2.17. The number of nitrogens with one attached hydrogen (secondary N) is 1. The third-order valence-electron chi connectivity index (χ3n) is 0.952. The molecule has 0 aliphatic rings. The standard InChI is InChI=1S/C6H13N.Rh/c1-2-3-4-5-6-7;/h6-7H,2-5H2,1H3;. The first-order chi connectivity index (χ1) is 3.41. The Bertz CT molecular complexity index is 45.8. The van der Waals surface area contributed by atoms with Gasteiger partial charge < -0.3 is 5.41 Å². The van der Waals surface area contributed by atoms with E-state index in [1.54, 1.807) is 0 Å². The number of hydrogen-bond donors (Lipinski definition) is 1. The number of unbranched alkanes of at least 4 members (excludes halogenated alkanes) is 3. The summed E-state index contributed by atoms with van der Waals surface area (Å²) in [6.07, 6.45) is 6.17. The first-order valence-corrected chi connectivity index (χ1v) is 2.90. The SMILES string of the molecule is CCCCCC=N.[Rh]. The molecule has 1 N–H and O–H groups in total. The van der Waals surface area contributed by atoms with Crippen molar-refractivity contribution in [3.05, 3.63) is 0 Å². The third kappa shape index (κ3) is 9.57. The molecule has 0 aromatic carbocycles. The minimum atomic E-state index is 0. The maximum Gasteiger partial charge on any atom is 0 e. The molecule has 0 saturated carbocycles. The van der Waals surface area contributed by atoms with Crippen molar-refractivity contribution in [2.45, 2.75) is 32.6 Å². The Hall–Kier alpha value is 0.293. The van der Waals surface area contributed by atoms with Crippen molar-refractivity contribution in [2.75, 3.05) is 0 Å². The van der Waals surface area contributed by atoms with Crippen LogP contribution < -0.4 is 0 Å². The van der Waals surface area contributed by atoms with E-state index in [1.165, 1.54) is 25.5 Å². The van der Waals surface area contributed by atoms with Gasteiger partial charge in [-0.05, 0) is 19.1 Å². The zero-order chi connectivity index (χ0) is 5.54. The summed E-state index contributed by atoms with van der Waals surface area (Å²) >= 11 is 0. The summed E-state index contributed by atoms with van der Waals surface area (Å²) in [6, 6.07) is 0. The van der Waals surface area contributed by atoms with Crippen molar-refractivity contribution >= 4 is 6.21 Å². The van der Waals surface area contributed by atoms with E-state index in [0.717, 1.165) is 6.42 Å². The Morgan fingerprint density at radius 2 is 2.00 bits per heavy atom. The van der Waals surface area contributed by atoms with Crippen LogP contribution in [-0.4, -0.2) is 6.21 Å².